The first kappa shape index (κ1) is 11.7. The van der Waals surface area contributed by atoms with E-state index in [1.165, 1.54) is 44.9 Å². The lowest BCUT2D eigenvalue weighted by molar-refractivity contribution is 0.0501. The Hall–Kier alpha value is 0.250. The Morgan fingerprint density at radius 3 is 2.53 bits per heavy atom. The third-order valence-corrected chi connectivity index (χ3v) is 6.07. The average molecular weight is 230 g/mol. The zero-order valence-corrected chi connectivity index (χ0v) is 10.8. The quantitative estimate of drug-likeness (QED) is 0.766. The van der Waals surface area contributed by atoms with Crippen molar-refractivity contribution in [2.24, 2.45) is 17.3 Å². The van der Waals surface area contributed by atoms with Gasteiger partial charge in [-0.05, 0) is 62.8 Å². The number of hydrogen-bond donors (Lipinski definition) is 1. The van der Waals surface area contributed by atoms with Crippen molar-refractivity contribution in [1.82, 2.24) is 5.32 Å². The molecule has 3 aliphatic rings. The van der Waals surface area contributed by atoms with Crippen LogP contribution in [0.25, 0.3) is 0 Å². The van der Waals surface area contributed by atoms with E-state index in [1.807, 2.05) is 0 Å². The van der Waals surface area contributed by atoms with Crippen LogP contribution in [0, 0.1) is 17.3 Å². The molecule has 0 spiro atoms. The first-order valence-electron chi connectivity index (χ1n) is 6.48. The summed E-state index contributed by atoms with van der Waals surface area (Å²) in [6.45, 7) is 2.43. The summed E-state index contributed by atoms with van der Waals surface area (Å²) in [5, 5.41) is 3.76. The Balaban J connectivity index is 0.000000853. The molecule has 2 bridgehead atoms. The number of nitrogens with one attached hydrogen (secondary N) is 1. The van der Waals surface area contributed by atoms with Crippen LogP contribution < -0.4 is 5.32 Å². The standard InChI is InChI=1S/C13H23N.ClH/c1-3-12-7-4-8-13(12,14-2)11-6-5-10(12)9-11;/h10-11,14H,3-9H2,1-2H3;1H/t10-,11+,12+,13+;/m0./s1. The van der Waals surface area contributed by atoms with E-state index in [-0.39, 0.29) is 12.4 Å². The number of rotatable bonds is 2. The van der Waals surface area contributed by atoms with Gasteiger partial charge >= 0.3 is 0 Å². The molecule has 0 aliphatic heterocycles. The van der Waals surface area contributed by atoms with E-state index >= 15 is 0 Å². The molecule has 1 nitrogen and oxygen atoms in total. The predicted molar refractivity (Wildman–Crippen MR) is 66.4 cm³/mol. The fraction of sp³-hybridized carbons (Fsp3) is 1.00. The van der Waals surface area contributed by atoms with Gasteiger partial charge < -0.3 is 5.32 Å². The lowest BCUT2D eigenvalue weighted by atomic mass is 9.61. The maximum absolute atomic E-state index is 3.76. The average Bonchev–Trinajstić information content (AvgIpc) is 2.88. The summed E-state index contributed by atoms with van der Waals surface area (Å²) in [5.41, 5.74) is 1.26. The summed E-state index contributed by atoms with van der Waals surface area (Å²) >= 11 is 0. The van der Waals surface area contributed by atoms with E-state index in [0.29, 0.717) is 11.0 Å². The van der Waals surface area contributed by atoms with Crippen LogP contribution in [-0.2, 0) is 0 Å². The molecule has 1 N–H and O–H groups in total. The molecule has 0 saturated heterocycles. The second-order valence-electron chi connectivity index (χ2n) is 5.79. The molecule has 0 unspecified atom stereocenters. The molecule has 88 valence electrons. The highest BCUT2D eigenvalue weighted by atomic mass is 35.5. The highest BCUT2D eigenvalue weighted by Crippen LogP contribution is 2.69. The Morgan fingerprint density at radius 1 is 1.20 bits per heavy atom. The molecule has 3 fully saturated rings. The van der Waals surface area contributed by atoms with Crippen LogP contribution in [-0.4, -0.2) is 12.6 Å². The molecule has 3 rings (SSSR count). The predicted octanol–water partition coefficient (Wildman–Crippen LogP) is 3.38. The van der Waals surface area contributed by atoms with Gasteiger partial charge in [0, 0.05) is 5.54 Å². The molecule has 4 atom stereocenters. The third kappa shape index (κ3) is 1.09. The second-order valence-corrected chi connectivity index (χ2v) is 5.79. The summed E-state index contributed by atoms with van der Waals surface area (Å²) in [5.74, 6) is 2.08. The van der Waals surface area contributed by atoms with Crippen molar-refractivity contribution in [3.05, 3.63) is 0 Å². The van der Waals surface area contributed by atoms with Crippen LogP contribution in [0.1, 0.15) is 51.9 Å². The maximum Gasteiger partial charge on any atom is 0.0265 e. The van der Waals surface area contributed by atoms with Gasteiger partial charge in [-0.1, -0.05) is 13.3 Å². The number of hydrogen-bond acceptors (Lipinski definition) is 1. The minimum Gasteiger partial charge on any atom is -0.313 e. The first-order valence-corrected chi connectivity index (χ1v) is 6.48. The number of fused-ring (bicyclic) bond motifs is 5. The molecule has 0 heterocycles. The monoisotopic (exact) mass is 229 g/mol. The Bertz CT molecular complexity index is 231. The zero-order chi connectivity index (χ0) is 9.81. The first-order chi connectivity index (χ1) is 6.79. The van der Waals surface area contributed by atoms with Crippen molar-refractivity contribution >= 4 is 12.4 Å². The van der Waals surface area contributed by atoms with E-state index < -0.39 is 0 Å². The van der Waals surface area contributed by atoms with Crippen molar-refractivity contribution in [3.8, 4) is 0 Å². The molecule has 0 aromatic carbocycles. The second kappa shape index (κ2) is 3.63. The third-order valence-electron chi connectivity index (χ3n) is 6.07. The topological polar surface area (TPSA) is 12.0 Å². The van der Waals surface area contributed by atoms with Gasteiger partial charge in [-0.3, -0.25) is 0 Å². The molecule has 15 heavy (non-hydrogen) atoms. The maximum atomic E-state index is 3.76. The lowest BCUT2D eigenvalue weighted by Gasteiger charge is -2.49. The van der Waals surface area contributed by atoms with Crippen molar-refractivity contribution in [1.29, 1.82) is 0 Å². The number of halogens is 1. The van der Waals surface area contributed by atoms with Crippen LogP contribution in [0.2, 0.25) is 0 Å². The van der Waals surface area contributed by atoms with E-state index in [2.05, 4.69) is 19.3 Å². The summed E-state index contributed by atoms with van der Waals surface area (Å²) in [7, 11) is 2.22. The normalized spacial score (nSPS) is 51.6. The highest BCUT2D eigenvalue weighted by molar-refractivity contribution is 5.85. The molecule has 3 aliphatic carbocycles. The Morgan fingerprint density at radius 2 is 1.93 bits per heavy atom. The smallest absolute Gasteiger partial charge is 0.0265 e. The van der Waals surface area contributed by atoms with Gasteiger partial charge in [-0.25, -0.2) is 0 Å². The molecule has 0 aromatic heterocycles. The van der Waals surface area contributed by atoms with E-state index in [1.54, 1.807) is 0 Å². The van der Waals surface area contributed by atoms with Crippen LogP contribution in [0.3, 0.4) is 0 Å². The largest absolute Gasteiger partial charge is 0.313 e. The molecule has 0 radical (unpaired) electrons. The molecular weight excluding hydrogens is 206 g/mol. The van der Waals surface area contributed by atoms with Crippen molar-refractivity contribution in [2.45, 2.75) is 57.4 Å². The van der Waals surface area contributed by atoms with E-state index in [4.69, 9.17) is 0 Å². The van der Waals surface area contributed by atoms with E-state index in [9.17, 15) is 0 Å². The van der Waals surface area contributed by atoms with Gasteiger partial charge in [-0.2, -0.15) is 0 Å². The minimum absolute atomic E-state index is 0. The minimum atomic E-state index is 0. The zero-order valence-electron chi connectivity index (χ0n) is 10.0. The van der Waals surface area contributed by atoms with Gasteiger partial charge in [0.25, 0.3) is 0 Å². The fourth-order valence-corrected chi connectivity index (χ4v) is 5.62. The Labute approximate surface area is 99.8 Å². The van der Waals surface area contributed by atoms with Gasteiger partial charge in [0.2, 0.25) is 0 Å². The molecule has 0 amide bonds. The van der Waals surface area contributed by atoms with Crippen LogP contribution in [0.4, 0.5) is 0 Å². The molecule has 2 heteroatoms. The van der Waals surface area contributed by atoms with Gasteiger partial charge in [-0.15, -0.1) is 12.4 Å². The van der Waals surface area contributed by atoms with Gasteiger partial charge in [0.15, 0.2) is 0 Å². The molecule has 0 aromatic rings. The fourth-order valence-electron chi connectivity index (χ4n) is 5.62. The summed E-state index contributed by atoms with van der Waals surface area (Å²) in [4.78, 5) is 0. The van der Waals surface area contributed by atoms with Crippen molar-refractivity contribution < 1.29 is 0 Å². The summed E-state index contributed by atoms with van der Waals surface area (Å²) in [6.07, 6.45) is 10.4. The van der Waals surface area contributed by atoms with Gasteiger partial charge in [0.05, 0.1) is 0 Å². The van der Waals surface area contributed by atoms with Crippen LogP contribution in [0.5, 0.6) is 0 Å². The van der Waals surface area contributed by atoms with Crippen LogP contribution >= 0.6 is 12.4 Å². The SMILES string of the molecule is CC[C@]12CCC[C@@]1(NC)[C@@H]1CC[C@H]2C1.Cl. The summed E-state index contributed by atoms with van der Waals surface area (Å²) < 4.78 is 0. The summed E-state index contributed by atoms with van der Waals surface area (Å²) in [6, 6.07) is 0. The van der Waals surface area contributed by atoms with Crippen molar-refractivity contribution in [3.63, 3.8) is 0 Å². The highest BCUT2D eigenvalue weighted by Gasteiger charge is 2.67. The van der Waals surface area contributed by atoms with Gasteiger partial charge in [0.1, 0.15) is 0 Å². The Kier molecular flexibility index (Phi) is 2.84. The lowest BCUT2D eigenvalue weighted by Crippen LogP contribution is -2.57. The van der Waals surface area contributed by atoms with Crippen LogP contribution in [0.15, 0.2) is 0 Å². The molecule has 3 saturated carbocycles. The molecular formula is C13H24ClN. The van der Waals surface area contributed by atoms with Crippen molar-refractivity contribution in [2.75, 3.05) is 7.05 Å². The van der Waals surface area contributed by atoms with E-state index in [0.717, 1.165) is 11.8 Å².